The molecule has 0 unspecified atom stereocenters. The van der Waals surface area contributed by atoms with Crippen LogP contribution in [0.1, 0.15) is 37.0 Å². The Morgan fingerprint density at radius 1 is 1.50 bits per heavy atom. The summed E-state index contributed by atoms with van der Waals surface area (Å²) in [6, 6.07) is 4.08. The average Bonchev–Trinajstić information content (AvgIpc) is 3.06. The lowest BCUT2D eigenvalue weighted by molar-refractivity contribution is -0.133. The molecule has 112 valence electrons. The molecule has 0 atom stereocenters. The number of carbonyl (C=O) groups is 1. The third-order valence-electron chi connectivity index (χ3n) is 3.95. The minimum Gasteiger partial charge on any atom is -0.383 e. The van der Waals surface area contributed by atoms with E-state index in [9.17, 15) is 4.79 Å². The largest absolute Gasteiger partial charge is 0.383 e. The Balaban J connectivity index is 1.95. The number of hydrogen-bond acceptors (Lipinski definition) is 4. The van der Waals surface area contributed by atoms with Crippen molar-refractivity contribution < 1.29 is 9.53 Å². The highest BCUT2D eigenvalue weighted by atomic mass is 32.1. The molecule has 1 amide bonds. The summed E-state index contributed by atoms with van der Waals surface area (Å²) in [5.74, 6) is 0.153. The Kier molecular flexibility index (Phi) is 5.57. The van der Waals surface area contributed by atoms with E-state index in [-0.39, 0.29) is 11.4 Å². The van der Waals surface area contributed by atoms with Crippen molar-refractivity contribution >= 4 is 17.2 Å². The molecule has 20 heavy (non-hydrogen) atoms. The molecule has 0 aliphatic heterocycles. The summed E-state index contributed by atoms with van der Waals surface area (Å²) in [6.07, 6.45) is 4.69. The van der Waals surface area contributed by atoms with Crippen molar-refractivity contribution in [2.45, 2.75) is 44.2 Å². The van der Waals surface area contributed by atoms with Crippen LogP contribution in [-0.2, 0) is 16.1 Å². The van der Waals surface area contributed by atoms with E-state index in [1.807, 2.05) is 16.3 Å². The van der Waals surface area contributed by atoms with Gasteiger partial charge in [-0.15, -0.1) is 11.3 Å². The molecule has 0 aromatic carbocycles. The van der Waals surface area contributed by atoms with Crippen LogP contribution in [0.4, 0.5) is 0 Å². The number of rotatable bonds is 7. The van der Waals surface area contributed by atoms with E-state index in [0.29, 0.717) is 26.1 Å². The smallest absolute Gasteiger partial charge is 0.224 e. The van der Waals surface area contributed by atoms with Crippen molar-refractivity contribution in [3.8, 4) is 0 Å². The number of methoxy groups -OCH3 is 1. The van der Waals surface area contributed by atoms with Gasteiger partial charge < -0.3 is 15.4 Å². The summed E-state index contributed by atoms with van der Waals surface area (Å²) in [7, 11) is 1.66. The van der Waals surface area contributed by atoms with E-state index in [4.69, 9.17) is 10.5 Å². The first-order chi connectivity index (χ1) is 9.63. The van der Waals surface area contributed by atoms with Gasteiger partial charge in [0, 0.05) is 30.5 Å². The van der Waals surface area contributed by atoms with E-state index >= 15 is 0 Å². The zero-order valence-electron chi connectivity index (χ0n) is 12.1. The summed E-state index contributed by atoms with van der Waals surface area (Å²) in [4.78, 5) is 15.6. The van der Waals surface area contributed by atoms with Crippen molar-refractivity contribution in [1.29, 1.82) is 0 Å². The van der Waals surface area contributed by atoms with E-state index in [1.54, 1.807) is 18.4 Å². The van der Waals surface area contributed by atoms with E-state index in [2.05, 4.69) is 6.07 Å². The third kappa shape index (κ3) is 4.30. The normalized spacial score (nSPS) is 17.3. The van der Waals surface area contributed by atoms with Gasteiger partial charge in [-0.3, -0.25) is 4.79 Å². The lowest BCUT2D eigenvalue weighted by Crippen LogP contribution is -2.44. The molecule has 4 nitrogen and oxygen atoms in total. The molecule has 0 spiro atoms. The first kappa shape index (κ1) is 15.5. The molecule has 5 heteroatoms. The van der Waals surface area contributed by atoms with Gasteiger partial charge in [0.15, 0.2) is 0 Å². The molecular formula is C15H24N2O2S. The summed E-state index contributed by atoms with van der Waals surface area (Å²) >= 11 is 1.68. The van der Waals surface area contributed by atoms with Crippen LogP contribution in [0.5, 0.6) is 0 Å². The van der Waals surface area contributed by atoms with Crippen LogP contribution in [0.2, 0.25) is 0 Å². The number of carbonyl (C=O) groups excluding carboxylic acids is 1. The van der Waals surface area contributed by atoms with Gasteiger partial charge in [0.05, 0.1) is 13.2 Å². The fourth-order valence-corrected chi connectivity index (χ4v) is 3.47. The first-order valence-electron chi connectivity index (χ1n) is 7.21. The second kappa shape index (κ2) is 7.20. The molecule has 2 rings (SSSR count). The van der Waals surface area contributed by atoms with E-state index < -0.39 is 0 Å². The average molecular weight is 296 g/mol. The van der Waals surface area contributed by atoms with E-state index in [1.165, 1.54) is 4.88 Å². The second-order valence-corrected chi connectivity index (χ2v) is 6.67. The van der Waals surface area contributed by atoms with Crippen molar-refractivity contribution in [3.05, 3.63) is 22.4 Å². The molecule has 1 aromatic heterocycles. The quantitative estimate of drug-likeness (QED) is 0.840. The second-order valence-electron chi connectivity index (χ2n) is 5.63. The lowest BCUT2D eigenvalue weighted by Gasteiger charge is -2.28. The third-order valence-corrected chi connectivity index (χ3v) is 4.81. The van der Waals surface area contributed by atoms with Gasteiger partial charge in [-0.1, -0.05) is 18.9 Å². The van der Waals surface area contributed by atoms with Crippen molar-refractivity contribution in [3.63, 3.8) is 0 Å². The number of nitrogens with two attached hydrogens (primary N) is 1. The van der Waals surface area contributed by atoms with Crippen LogP contribution >= 0.6 is 11.3 Å². The van der Waals surface area contributed by atoms with E-state index in [0.717, 1.165) is 25.7 Å². The predicted molar refractivity (Wildman–Crippen MR) is 81.6 cm³/mol. The molecule has 1 aliphatic rings. The highest BCUT2D eigenvalue weighted by molar-refractivity contribution is 7.09. The fourth-order valence-electron chi connectivity index (χ4n) is 2.75. The Morgan fingerprint density at radius 3 is 2.85 bits per heavy atom. The fraction of sp³-hybridized carbons (Fsp3) is 0.667. The maximum absolute atomic E-state index is 12.5. The van der Waals surface area contributed by atoms with Crippen LogP contribution in [0, 0.1) is 0 Å². The van der Waals surface area contributed by atoms with Crippen LogP contribution in [-0.4, -0.2) is 36.6 Å². The van der Waals surface area contributed by atoms with Gasteiger partial charge in [-0.05, 0) is 24.3 Å². The molecule has 0 radical (unpaired) electrons. The maximum atomic E-state index is 12.5. The maximum Gasteiger partial charge on any atom is 0.224 e. The molecule has 1 saturated carbocycles. The summed E-state index contributed by atoms with van der Waals surface area (Å²) < 4.78 is 5.12. The minimum atomic E-state index is -0.280. The first-order valence-corrected chi connectivity index (χ1v) is 8.09. The highest BCUT2D eigenvalue weighted by Crippen LogP contribution is 2.30. The summed E-state index contributed by atoms with van der Waals surface area (Å²) in [5, 5.41) is 2.04. The molecule has 0 saturated heterocycles. The minimum absolute atomic E-state index is 0.153. The predicted octanol–water partition coefficient (Wildman–Crippen LogP) is 2.38. The van der Waals surface area contributed by atoms with Gasteiger partial charge in [-0.25, -0.2) is 0 Å². The Morgan fingerprint density at radius 2 is 2.25 bits per heavy atom. The number of ether oxygens (including phenoxy) is 1. The zero-order chi connectivity index (χ0) is 14.4. The van der Waals surface area contributed by atoms with Gasteiger partial charge in [0.2, 0.25) is 5.91 Å². The molecule has 0 bridgehead atoms. The molecular weight excluding hydrogens is 272 g/mol. The molecule has 1 aromatic rings. The molecule has 1 heterocycles. The Labute approximate surface area is 124 Å². The van der Waals surface area contributed by atoms with Crippen LogP contribution in [0.15, 0.2) is 17.5 Å². The topological polar surface area (TPSA) is 55.6 Å². The lowest BCUT2D eigenvalue weighted by atomic mass is 9.94. The summed E-state index contributed by atoms with van der Waals surface area (Å²) in [6.45, 7) is 1.86. The van der Waals surface area contributed by atoms with Crippen molar-refractivity contribution in [2.75, 3.05) is 20.3 Å². The Bertz CT molecular complexity index is 414. The summed E-state index contributed by atoms with van der Waals surface area (Å²) in [5.41, 5.74) is 6.04. The number of thiophene rings is 1. The van der Waals surface area contributed by atoms with Crippen molar-refractivity contribution in [1.82, 2.24) is 4.90 Å². The van der Waals surface area contributed by atoms with Crippen LogP contribution in [0.25, 0.3) is 0 Å². The van der Waals surface area contributed by atoms with Gasteiger partial charge in [0.25, 0.3) is 0 Å². The molecule has 2 N–H and O–H groups in total. The monoisotopic (exact) mass is 296 g/mol. The number of amides is 1. The standard InChI is InChI=1S/C15H24N2O2S/c1-19-9-8-17(12-13-5-4-10-20-13)14(18)11-15(16)6-2-3-7-15/h4-5,10H,2-3,6-9,11-12,16H2,1H3. The highest BCUT2D eigenvalue weighted by Gasteiger charge is 2.33. The SMILES string of the molecule is COCCN(Cc1cccs1)C(=O)CC1(N)CCCC1. The van der Waals surface area contributed by atoms with Crippen molar-refractivity contribution in [2.24, 2.45) is 5.73 Å². The van der Waals surface area contributed by atoms with Gasteiger partial charge in [0.1, 0.15) is 0 Å². The van der Waals surface area contributed by atoms with Gasteiger partial charge >= 0.3 is 0 Å². The number of hydrogen-bond donors (Lipinski definition) is 1. The number of nitrogens with zero attached hydrogens (tertiary/aromatic N) is 1. The van der Waals surface area contributed by atoms with Crippen LogP contribution < -0.4 is 5.73 Å². The van der Waals surface area contributed by atoms with Crippen LogP contribution in [0.3, 0.4) is 0 Å². The van der Waals surface area contributed by atoms with Gasteiger partial charge in [-0.2, -0.15) is 0 Å². The molecule has 1 aliphatic carbocycles. The molecule has 1 fully saturated rings. The Hall–Kier alpha value is -0.910. The zero-order valence-corrected chi connectivity index (χ0v) is 13.0.